The summed E-state index contributed by atoms with van der Waals surface area (Å²) in [7, 11) is 0. The molecule has 2 heteroatoms. The number of fused-ring (bicyclic) bond motifs is 1. The first-order valence-corrected chi connectivity index (χ1v) is 8.05. The van der Waals surface area contributed by atoms with Crippen LogP contribution in [-0.2, 0) is 6.42 Å². The van der Waals surface area contributed by atoms with Gasteiger partial charge in [-0.1, -0.05) is 32.3 Å². The molecule has 0 radical (unpaired) electrons. The maximum atomic E-state index is 4.68. The van der Waals surface area contributed by atoms with Gasteiger partial charge in [-0.3, -0.25) is 4.98 Å². The lowest BCUT2D eigenvalue weighted by Gasteiger charge is -2.33. The molecular weight excluding hydrogens is 232 g/mol. The van der Waals surface area contributed by atoms with Crippen molar-refractivity contribution < 1.29 is 0 Å². The quantitative estimate of drug-likeness (QED) is 0.842. The Morgan fingerprint density at radius 3 is 3.00 bits per heavy atom. The Bertz CT molecular complexity index is 411. The van der Waals surface area contributed by atoms with Crippen molar-refractivity contribution in [3.05, 3.63) is 29.6 Å². The van der Waals surface area contributed by atoms with Gasteiger partial charge in [-0.05, 0) is 49.8 Å². The minimum atomic E-state index is 0.654. The van der Waals surface area contributed by atoms with E-state index in [2.05, 4.69) is 29.4 Å². The van der Waals surface area contributed by atoms with Crippen molar-refractivity contribution in [1.29, 1.82) is 0 Å². The third-order valence-corrected chi connectivity index (χ3v) is 4.96. The van der Waals surface area contributed by atoms with Crippen LogP contribution in [0.1, 0.15) is 62.6 Å². The van der Waals surface area contributed by atoms with Gasteiger partial charge in [0.15, 0.2) is 0 Å². The van der Waals surface area contributed by atoms with Crippen LogP contribution in [0.5, 0.6) is 0 Å². The monoisotopic (exact) mass is 258 g/mol. The predicted octanol–water partition coefficient (Wildman–Crippen LogP) is 3.67. The minimum absolute atomic E-state index is 0.654. The van der Waals surface area contributed by atoms with Gasteiger partial charge in [-0.25, -0.2) is 0 Å². The zero-order valence-electron chi connectivity index (χ0n) is 12.1. The first kappa shape index (κ1) is 13.1. The largest absolute Gasteiger partial charge is 0.313 e. The second-order valence-corrected chi connectivity index (χ2v) is 6.29. The third kappa shape index (κ3) is 2.84. The first-order chi connectivity index (χ1) is 9.38. The second kappa shape index (κ2) is 6.04. The molecule has 1 heterocycles. The van der Waals surface area contributed by atoms with Gasteiger partial charge in [0.05, 0.1) is 0 Å². The van der Waals surface area contributed by atoms with Crippen molar-refractivity contribution in [2.45, 2.75) is 63.8 Å². The number of rotatable bonds is 6. The number of nitrogens with zero attached hydrogens (tertiary/aromatic N) is 1. The van der Waals surface area contributed by atoms with Gasteiger partial charge in [0.1, 0.15) is 0 Å². The van der Waals surface area contributed by atoms with Crippen LogP contribution in [0.2, 0.25) is 0 Å². The van der Waals surface area contributed by atoms with E-state index in [1.807, 2.05) is 6.20 Å². The summed E-state index contributed by atoms with van der Waals surface area (Å²) in [4.78, 5) is 4.68. The van der Waals surface area contributed by atoms with Gasteiger partial charge >= 0.3 is 0 Å². The number of nitrogens with one attached hydrogen (secondary N) is 1. The van der Waals surface area contributed by atoms with Gasteiger partial charge in [-0.15, -0.1) is 0 Å². The molecular formula is C17H26N2. The summed E-state index contributed by atoms with van der Waals surface area (Å²) in [6.45, 7) is 3.41. The van der Waals surface area contributed by atoms with E-state index in [9.17, 15) is 0 Å². The van der Waals surface area contributed by atoms with E-state index >= 15 is 0 Å². The molecule has 0 saturated heterocycles. The first-order valence-electron chi connectivity index (χ1n) is 8.05. The number of pyridine rings is 1. The van der Waals surface area contributed by atoms with Crippen LogP contribution in [-0.4, -0.2) is 17.6 Å². The third-order valence-electron chi connectivity index (χ3n) is 4.96. The van der Waals surface area contributed by atoms with Crippen molar-refractivity contribution in [1.82, 2.24) is 10.3 Å². The summed E-state index contributed by atoms with van der Waals surface area (Å²) >= 11 is 0. The van der Waals surface area contributed by atoms with Gasteiger partial charge in [0, 0.05) is 23.9 Å². The predicted molar refractivity (Wildman–Crippen MR) is 79.3 cm³/mol. The molecule has 3 rings (SSSR count). The lowest BCUT2D eigenvalue weighted by Crippen LogP contribution is -2.38. The molecule has 2 nitrogen and oxygen atoms in total. The Morgan fingerprint density at radius 2 is 2.26 bits per heavy atom. The molecule has 2 aliphatic rings. The van der Waals surface area contributed by atoms with Crippen LogP contribution >= 0.6 is 0 Å². The second-order valence-electron chi connectivity index (χ2n) is 6.29. The lowest BCUT2D eigenvalue weighted by molar-refractivity contribution is 0.242. The molecule has 0 bridgehead atoms. The van der Waals surface area contributed by atoms with Crippen molar-refractivity contribution in [2.75, 3.05) is 6.54 Å². The summed E-state index contributed by atoms with van der Waals surface area (Å²) in [5.74, 6) is 1.63. The Morgan fingerprint density at radius 1 is 1.37 bits per heavy atom. The van der Waals surface area contributed by atoms with Crippen molar-refractivity contribution in [3.8, 4) is 0 Å². The Labute approximate surface area is 117 Å². The Kier molecular flexibility index (Phi) is 4.17. The molecule has 2 atom stereocenters. The number of aryl methyl sites for hydroxylation is 1. The molecule has 2 unspecified atom stereocenters. The molecule has 0 amide bonds. The van der Waals surface area contributed by atoms with Crippen molar-refractivity contribution in [2.24, 2.45) is 5.92 Å². The lowest BCUT2D eigenvalue weighted by atomic mass is 9.77. The highest BCUT2D eigenvalue weighted by Gasteiger charge is 2.33. The fraction of sp³-hybridized carbons (Fsp3) is 0.706. The molecule has 0 spiro atoms. The van der Waals surface area contributed by atoms with E-state index in [0.29, 0.717) is 12.0 Å². The van der Waals surface area contributed by atoms with E-state index in [1.165, 1.54) is 56.2 Å². The molecule has 1 saturated carbocycles. The minimum Gasteiger partial charge on any atom is -0.313 e. The topological polar surface area (TPSA) is 24.9 Å². The zero-order valence-corrected chi connectivity index (χ0v) is 12.1. The van der Waals surface area contributed by atoms with Crippen LogP contribution in [0.4, 0.5) is 0 Å². The van der Waals surface area contributed by atoms with Gasteiger partial charge < -0.3 is 5.32 Å². The summed E-state index contributed by atoms with van der Waals surface area (Å²) in [6, 6.07) is 5.01. The standard InChI is InChI=1S/C17H26N2/c1-2-10-18-16(12-13-5-3-6-13)15-9-8-14-7-4-11-19-17(14)15/h4,7,11,13,15-16,18H,2-3,5-6,8-10,12H2,1H3. The average Bonchev–Trinajstić information content (AvgIpc) is 2.81. The van der Waals surface area contributed by atoms with E-state index < -0.39 is 0 Å². The van der Waals surface area contributed by atoms with E-state index in [4.69, 9.17) is 0 Å². The molecule has 0 aliphatic heterocycles. The van der Waals surface area contributed by atoms with Crippen LogP contribution in [0.25, 0.3) is 0 Å². The Balaban J connectivity index is 1.71. The molecule has 1 fully saturated rings. The SMILES string of the molecule is CCCNC(CC1CCC1)C1CCc2cccnc21. The smallest absolute Gasteiger partial charge is 0.0482 e. The molecule has 1 aromatic heterocycles. The summed E-state index contributed by atoms with van der Waals surface area (Å²) in [5, 5.41) is 3.81. The fourth-order valence-electron chi connectivity index (χ4n) is 3.64. The van der Waals surface area contributed by atoms with E-state index in [-0.39, 0.29) is 0 Å². The summed E-state index contributed by atoms with van der Waals surface area (Å²) in [6.07, 6.45) is 11.4. The van der Waals surface area contributed by atoms with Crippen LogP contribution in [0.15, 0.2) is 18.3 Å². The van der Waals surface area contributed by atoms with Crippen LogP contribution < -0.4 is 5.32 Å². The molecule has 104 valence electrons. The Hall–Kier alpha value is -0.890. The van der Waals surface area contributed by atoms with Crippen molar-refractivity contribution >= 4 is 0 Å². The van der Waals surface area contributed by atoms with E-state index in [1.54, 1.807) is 0 Å². The maximum Gasteiger partial charge on any atom is 0.0482 e. The van der Waals surface area contributed by atoms with E-state index in [0.717, 1.165) is 12.5 Å². The normalized spacial score (nSPS) is 23.9. The van der Waals surface area contributed by atoms with Gasteiger partial charge in [0.2, 0.25) is 0 Å². The summed E-state index contributed by atoms with van der Waals surface area (Å²) in [5.41, 5.74) is 2.87. The van der Waals surface area contributed by atoms with Crippen molar-refractivity contribution in [3.63, 3.8) is 0 Å². The molecule has 1 aromatic rings. The number of aromatic nitrogens is 1. The highest BCUT2D eigenvalue weighted by atomic mass is 14.9. The molecule has 2 aliphatic carbocycles. The fourth-order valence-corrected chi connectivity index (χ4v) is 3.64. The zero-order chi connectivity index (χ0) is 13.1. The summed E-state index contributed by atoms with van der Waals surface area (Å²) < 4.78 is 0. The number of hydrogen-bond donors (Lipinski definition) is 1. The average molecular weight is 258 g/mol. The molecule has 19 heavy (non-hydrogen) atoms. The van der Waals surface area contributed by atoms with Gasteiger partial charge in [0.25, 0.3) is 0 Å². The highest BCUT2D eigenvalue weighted by Crippen LogP contribution is 2.39. The molecule has 0 aromatic carbocycles. The van der Waals surface area contributed by atoms with Crippen LogP contribution in [0.3, 0.4) is 0 Å². The maximum absolute atomic E-state index is 4.68. The van der Waals surface area contributed by atoms with Crippen LogP contribution in [0, 0.1) is 5.92 Å². The molecule has 1 N–H and O–H groups in total. The van der Waals surface area contributed by atoms with Gasteiger partial charge in [-0.2, -0.15) is 0 Å². The highest BCUT2D eigenvalue weighted by molar-refractivity contribution is 5.30. The number of hydrogen-bond acceptors (Lipinski definition) is 2.